The summed E-state index contributed by atoms with van der Waals surface area (Å²) in [5.41, 5.74) is 2.89. The van der Waals surface area contributed by atoms with Crippen molar-refractivity contribution < 1.29 is 9.69 Å². The fraction of sp³-hybridized carbons (Fsp3) is 0.500. The molecule has 0 aliphatic carbocycles. The maximum Gasteiger partial charge on any atom is 0.279 e. The number of quaternary nitrogens is 1. The first-order valence-electron chi connectivity index (χ1n) is 6.46. The van der Waals surface area contributed by atoms with Crippen LogP contribution in [0.2, 0.25) is 5.02 Å². The van der Waals surface area contributed by atoms with Crippen LogP contribution in [-0.4, -0.2) is 25.5 Å². The third-order valence-corrected chi connectivity index (χ3v) is 3.72. The van der Waals surface area contributed by atoms with Crippen LogP contribution in [0.15, 0.2) is 12.1 Å². The maximum absolute atomic E-state index is 12.0. The number of likely N-dealkylation sites (tertiary alicyclic amines) is 1. The molecule has 0 atom stereocenters. The summed E-state index contributed by atoms with van der Waals surface area (Å²) in [6.45, 7) is 6.72. The molecule has 2 rings (SSSR count). The number of nitrogens with one attached hydrogen (secondary N) is 2. The van der Waals surface area contributed by atoms with Crippen LogP contribution >= 0.6 is 11.6 Å². The van der Waals surface area contributed by atoms with E-state index in [-0.39, 0.29) is 5.91 Å². The summed E-state index contributed by atoms with van der Waals surface area (Å²) < 4.78 is 0. The molecule has 4 heteroatoms. The van der Waals surface area contributed by atoms with Crippen molar-refractivity contribution >= 4 is 23.2 Å². The van der Waals surface area contributed by atoms with Crippen LogP contribution in [0, 0.1) is 13.8 Å². The molecule has 18 heavy (non-hydrogen) atoms. The second-order valence-corrected chi connectivity index (χ2v) is 5.53. The van der Waals surface area contributed by atoms with E-state index >= 15 is 0 Å². The van der Waals surface area contributed by atoms with Crippen LogP contribution in [0.25, 0.3) is 0 Å². The van der Waals surface area contributed by atoms with E-state index in [2.05, 4.69) is 5.32 Å². The number of carbonyl (C=O) groups is 1. The number of amides is 1. The number of halogens is 1. The molecule has 1 aromatic rings. The van der Waals surface area contributed by atoms with E-state index in [1.54, 1.807) is 0 Å². The zero-order valence-electron chi connectivity index (χ0n) is 11.0. The minimum Gasteiger partial charge on any atom is -0.327 e. The van der Waals surface area contributed by atoms with E-state index in [0.717, 1.165) is 29.9 Å². The van der Waals surface area contributed by atoms with Gasteiger partial charge < -0.3 is 10.2 Å². The van der Waals surface area contributed by atoms with Crippen LogP contribution in [0.3, 0.4) is 0 Å². The van der Waals surface area contributed by atoms with Crippen LogP contribution in [-0.2, 0) is 4.79 Å². The van der Waals surface area contributed by atoms with E-state index in [1.165, 1.54) is 17.7 Å². The Morgan fingerprint density at radius 1 is 1.33 bits per heavy atom. The Bertz CT molecular complexity index is 430. The maximum atomic E-state index is 12.0. The Morgan fingerprint density at radius 2 is 2.00 bits per heavy atom. The zero-order chi connectivity index (χ0) is 13.1. The van der Waals surface area contributed by atoms with Gasteiger partial charge in [0.25, 0.3) is 5.91 Å². The third kappa shape index (κ3) is 3.24. The number of benzene rings is 1. The Morgan fingerprint density at radius 3 is 2.61 bits per heavy atom. The summed E-state index contributed by atoms with van der Waals surface area (Å²) in [6.07, 6.45) is 2.46. The van der Waals surface area contributed by atoms with Gasteiger partial charge in [0.05, 0.1) is 23.8 Å². The average molecular weight is 268 g/mol. The first-order chi connectivity index (χ1) is 8.56. The minimum absolute atomic E-state index is 0.0563. The van der Waals surface area contributed by atoms with Crippen molar-refractivity contribution in [3.8, 4) is 0 Å². The molecule has 0 radical (unpaired) electrons. The second kappa shape index (κ2) is 5.72. The number of rotatable bonds is 3. The lowest BCUT2D eigenvalue weighted by atomic mass is 10.1. The summed E-state index contributed by atoms with van der Waals surface area (Å²) in [4.78, 5) is 13.3. The predicted octanol–water partition coefficient (Wildman–Crippen LogP) is 1.57. The number of aryl methyl sites for hydroxylation is 2. The Labute approximate surface area is 113 Å². The second-order valence-electron chi connectivity index (χ2n) is 5.12. The minimum atomic E-state index is 0.0563. The summed E-state index contributed by atoms with van der Waals surface area (Å²) in [7, 11) is 0. The molecule has 1 aliphatic rings. The lowest BCUT2D eigenvalue weighted by molar-refractivity contribution is -0.878. The third-order valence-electron chi connectivity index (χ3n) is 3.42. The van der Waals surface area contributed by atoms with Crippen molar-refractivity contribution in [2.75, 3.05) is 25.0 Å². The first kappa shape index (κ1) is 13.4. The molecule has 0 saturated carbocycles. The summed E-state index contributed by atoms with van der Waals surface area (Å²) in [5, 5.41) is 3.56. The Kier molecular flexibility index (Phi) is 4.25. The molecule has 1 amide bonds. The van der Waals surface area contributed by atoms with Crippen molar-refractivity contribution in [3.05, 3.63) is 28.3 Å². The summed E-state index contributed by atoms with van der Waals surface area (Å²) >= 11 is 6.17. The number of hydrogen-bond donors (Lipinski definition) is 2. The van der Waals surface area contributed by atoms with E-state index in [0.29, 0.717) is 11.6 Å². The van der Waals surface area contributed by atoms with Gasteiger partial charge in [0.1, 0.15) is 0 Å². The number of hydrogen-bond acceptors (Lipinski definition) is 1. The van der Waals surface area contributed by atoms with E-state index in [4.69, 9.17) is 11.6 Å². The Balaban J connectivity index is 2.02. The molecule has 2 N–H and O–H groups in total. The zero-order valence-corrected chi connectivity index (χ0v) is 11.7. The predicted molar refractivity (Wildman–Crippen MR) is 74.4 cm³/mol. The standard InChI is InChI=1S/C14H19ClN2O/c1-10-7-11(2)14(12(15)8-10)16-13(18)9-17-5-3-4-6-17/h7-8H,3-6,9H2,1-2H3,(H,16,18)/p+1. The summed E-state index contributed by atoms with van der Waals surface area (Å²) in [6, 6.07) is 3.91. The lowest BCUT2D eigenvalue weighted by Gasteiger charge is -2.14. The van der Waals surface area contributed by atoms with Gasteiger partial charge in [-0.1, -0.05) is 17.7 Å². The molecule has 1 saturated heterocycles. The van der Waals surface area contributed by atoms with Gasteiger partial charge in [0, 0.05) is 12.8 Å². The SMILES string of the molecule is Cc1cc(C)c(NC(=O)C[NH+]2CCCC2)c(Cl)c1. The summed E-state index contributed by atoms with van der Waals surface area (Å²) in [5.74, 6) is 0.0563. The fourth-order valence-corrected chi connectivity index (χ4v) is 2.90. The van der Waals surface area contributed by atoms with E-state index in [1.807, 2.05) is 26.0 Å². The van der Waals surface area contributed by atoms with Gasteiger partial charge in [-0.2, -0.15) is 0 Å². The molecule has 0 spiro atoms. The van der Waals surface area contributed by atoms with Gasteiger partial charge in [-0.15, -0.1) is 0 Å². The van der Waals surface area contributed by atoms with E-state index in [9.17, 15) is 4.79 Å². The lowest BCUT2D eigenvalue weighted by Crippen LogP contribution is -3.11. The fourth-order valence-electron chi connectivity index (χ4n) is 2.54. The van der Waals surface area contributed by atoms with Gasteiger partial charge in [0.15, 0.2) is 6.54 Å². The smallest absolute Gasteiger partial charge is 0.279 e. The van der Waals surface area contributed by atoms with Crippen molar-refractivity contribution in [1.82, 2.24) is 0 Å². The number of anilines is 1. The molecule has 1 aromatic carbocycles. The van der Waals surface area contributed by atoms with Crippen LogP contribution in [0.5, 0.6) is 0 Å². The van der Waals surface area contributed by atoms with Crippen molar-refractivity contribution in [2.24, 2.45) is 0 Å². The molecular formula is C14H20ClN2O+. The molecule has 1 aliphatic heterocycles. The van der Waals surface area contributed by atoms with Gasteiger partial charge >= 0.3 is 0 Å². The molecule has 0 unspecified atom stereocenters. The highest BCUT2D eigenvalue weighted by Crippen LogP contribution is 2.27. The van der Waals surface area contributed by atoms with Gasteiger partial charge in [-0.05, 0) is 31.0 Å². The van der Waals surface area contributed by atoms with Gasteiger partial charge in [-0.3, -0.25) is 4.79 Å². The molecule has 3 nitrogen and oxygen atoms in total. The topological polar surface area (TPSA) is 33.5 Å². The van der Waals surface area contributed by atoms with Crippen LogP contribution in [0.4, 0.5) is 5.69 Å². The van der Waals surface area contributed by atoms with Crippen LogP contribution in [0.1, 0.15) is 24.0 Å². The molecule has 0 aromatic heterocycles. The highest BCUT2D eigenvalue weighted by molar-refractivity contribution is 6.34. The average Bonchev–Trinajstić information content (AvgIpc) is 2.76. The highest BCUT2D eigenvalue weighted by atomic mass is 35.5. The first-order valence-corrected chi connectivity index (χ1v) is 6.84. The van der Waals surface area contributed by atoms with Gasteiger partial charge in [-0.25, -0.2) is 0 Å². The molecular weight excluding hydrogens is 248 g/mol. The quantitative estimate of drug-likeness (QED) is 0.857. The van der Waals surface area contributed by atoms with Crippen molar-refractivity contribution in [1.29, 1.82) is 0 Å². The monoisotopic (exact) mass is 267 g/mol. The number of carbonyl (C=O) groups excluding carboxylic acids is 1. The van der Waals surface area contributed by atoms with E-state index < -0.39 is 0 Å². The molecule has 1 fully saturated rings. The molecule has 1 heterocycles. The molecule has 0 bridgehead atoms. The van der Waals surface area contributed by atoms with Gasteiger partial charge in [0.2, 0.25) is 0 Å². The van der Waals surface area contributed by atoms with Crippen molar-refractivity contribution in [3.63, 3.8) is 0 Å². The van der Waals surface area contributed by atoms with Crippen LogP contribution < -0.4 is 10.2 Å². The van der Waals surface area contributed by atoms with Crippen molar-refractivity contribution in [2.45, 2.75) is 26.7 Å². The molecule has 98 valence electrons. The Hall–Kier alpha value is -1.06. The normalized spacial score (nSPS) is 15.9. The largest absolute Gasteiger partial charge is 0.327 e. The highest BCUT2D eigenvalue weighted by Gasteiger charge is 2.19.